The fraction of sp³-hybridized carbons (Fsp3) is 0.250. The molecule has 28 heavy (non-hydrogen) atoms. The standard InChI is InChI=1S/C24H26N2O2/c1-4-7-19-12-15-23(17(3)25-19)24(27)26-20-8-6-9-22(16-20)28-21-13-10-18(5-2)11-14-21/h6,8-16H,4-5,7H2,1-3H3,(H,26,27). The van der Waals surface area contributed by atoms with Crippen LogP contribution in [0.2, 0.25) is 0 Å². The maximum absolute atomic E-state index is 12.7. The number of nitrogens with zero attached hydrogens (tertiary/aromatic N) is 1. The predicted molar refractivity (Wildman–Crippen MR) is 113 cm³/mol. The van der Waals surface area contributed by atoms with Gasteiger partial charge in [-0.05, 0) is 61.7 Å². The fourth-order valence-corrected chi connectivity index (χ4v) is 3.01. The topological polar surface area (TPSA) is 51.2 Å². The van der Waals surface area contributed by atoms with Crippen molar-refractivity contribution >= 4 is 11.6 Å². The van der Waals surface area contributed by atoms with Crippen LogP contribution in [0.3, 0.4) is 0 Å². The van der Waals surface area contributed by atoms with Gasteiger partial charge < -0.3 is 10.1 Å². The van der Waals surface area contributed by atoms with Gasteiger partial charge in [-0.25, -0.2) is 0 Å². The second kappa shape index (κ2) is 9.18. The molecule has 0 bridgehead atoms. The summed E-state index contributed by atoms with van der Waals surface area (Å²) in [5, 5.41) is 2.94. The molecule has 0 saturated carbocycles. The van der Waals surface area contributed by atoms with E-state index >= 15 is 0 Å². The van der Waals surface area contributed by atoms with Gasteiger partial charge in [-0.3, -0.25) is 9.78 Å². The monoisotopic (exact) mass is 374 g/mol. The first-order valence-corrected chi connectivity index (χ1v) is 9.73. The molecular weight excluding hydrogens is 348 g/mol. The number of aromatic nitrogens is 1. The van der Waals surface area contributed by atoms with Crippen molar-refractivity contribution in [2.75, 3.05) is 5.32 Å². The molecule has 2 aromatic carbocycles. The van der Waals surface area contributed by atoms with Gasteiger partial charge in [0, 0.05) is 17.4 Å². The second-order valence-corrected chi connectivity index (χ2v) is 6.77. The van der Waals surface area contributed by atoms with Crippen LogP contribution in [0.4, 0.5) is 5.69 Å². The number of aryl methyl sites for hydroxylation is 3. The minimum absolute atomic E-state index is 0.169. The summed E-state index contributed by atoms with van der Waals surface area (Å²) in [6.45, 7) is 6.11. The maximum Gasteiger partial charge on any atom is 0.257 e. The van der Waals surface area contributed by atoms with Crippen molar-refractivity contribution in [3.63, 3.8) is 0 Å². The molecule has 0 aliphatic heterocycles. The van der Waals surface area contributed by atoms with E-state index in [1.165, 1.54) is 5.56 Å². The van der Waals surface area contributed by atoms with Gasteiger partial charge in [0.15, 0.2) is 0 Å². The third-order valence-electron chi connectivity index (χ3n) is 4.55. The zero-order chi connectivity index (χ0) is 19.9. The van der Waals surface area contributed by atoms with E-state index in [9.17, 15) is 4.79 Å². The first-order valence-electron chi connectivity index (χ1n) is 9.73. The lowest BCUT2D eigenvalue weighted by Gasteiger charge is -2.11. The molecule has 4 nitrogen and oxygen atoms in total. The number of anilines is 1. The molecule has 3 aromatic rings. The first kappa shape index (κ1) is 19.6. The zero-order valence-corrected chi connectivity index (χ0v) is 16.7. The quantitative estimate of drug-likeness (QED) is 0.556. The third-order valence-corrected chi connectivity index (χ3v) is 4.55. The lowest BCUT2D eigenvalue weighted by molar-refractivity contribution is 0.102. The van der Waals surface area contributed by atoms with Crippen molar-refractivity contribution in [3.05, 3.63) is 83.2 Å². The molecule has 144 valence electrons. The van der Waals surface area contributed by atoms with E-state index in [0.717, 1.165) is 36.4 Å². The van der Waals surface area contributed by atoms with Crippen molar-refractivity contribution in [2.24, 2.45) is 0 Å². The molecule has 0 fully saturated rings. The van der Waals surface area contributed by atoms with Gasteiger partial charge in [0.25, 0.3) is 5.91 Å². The molecule has 1 amide bonds. The summed E-state index contributed by atoms with van der Waals surface area (Å²) in [6, 6.07) is 19.2. The summed E-state index contributed by atoms with van der Waals surface area (Å²) >= 11 is 0. The highest BCUT2D eigenvalue weighted by Crippen LogP contribution is 2.25. The Bertz CT molecular complexity index is 949. The Kier molecular flexibility index (Phi) is 6.43. The molecular formula is C24H26N2O2. The molecule has 1 aromatic heterocycles. The molecule has 4 heteroatoms. The highest BCUT2D eigenvalue weighted by Gasteiger charge is 2.11. The number of pyridine rings is 1. The van der Waals surface area contributed by atoms with Crippen molar-refractivity contribution in [1.29, 1.82) is 0 Å². The second-order valence-electron chi connectivity index (χ2n) is 6.77. The van der Waals surface area contributed by atoms with Gasteiger partial charge in [-0.2, -0.15) is 0 Å². The molecule has 3 rings (SSSR count). The number of nitrogens with one attached hydrogen (secondary N) is 1. The SMILES string of the molecule is CCCc1ccc(C(=O)Nc2cccc(Oc3ccc(CC)cc3)c2)c(C)n1. The minimum Gasteiger partial charge on any atom is -0.457 e. The summed E-state index contributed by atoms with van der Waals surface area (Å²) < 4.78 is 5.91. The first-order chi connectivity index (χ1) is 13.6. The van der Waals surface area contributed by atoms with Gasteiger partial charge in [-0.1, -0.05) is 38.5 Å². The molecule has 1 heterocycles. The lowest BCUT2D eigenvalue weighted by atomic mass is 10.1. The smallest absolute Gasteiger partial charge is 0.257 e. The number of carbonyl (C=O) groups is 1. The Morgan fingerprint density at radius 3 is 2.46 bits per heavy atom. The Hall–Kier alpha value is -3.14. The fourth-order valence-electron chi connectivity index (χ4n) is 3.01. The Morgan fingerprint density at radius 2 is 1.79 bits per heavy atom. The summed E-state index contributed by atoms with van der Waals surface area (Å²) in [5.41, 5.74) is 4.29. The molecule has 0 aliphatic carbocycles. The lowest BCUT2D eigenvalue weighted by Crippen LogP contribution is -2.14. The molecule has 1 N–H and O–H groups in total. The number of carbonyl (C=O) groups excluding carboxylic acids is 1. The van der Waals surface area contributed by atoms with Gasteiger partial charge in [0.05, 0.1) is 11.3 Å². The predicted octanol–water partition coefficient (Wildman–Crippen LogP) is 5.95. The molecule has 0 radical (unpaired) electrons. The molecule has 0 aliphatic rings. The number of ether oxygens (including phenoxy) is 1. The number of benzene rings is 2. The van der Waals surface area contributed by atoms with Gasteiger partial charge in [0.2, 0.25) is 0 Å². The average Bonchev–Trinajstić information content (AvgIpc) is 2.69. The largest absolute Gasteiger partial charge is 0.457 e. The van der Waals surface area contributed by atoms with Crippen LogP contribution in [0, 0.1) is 6.92 Å². The van der Waals surface area contributed by atoms with E-state index in [1.54, 1.807) is 0 Å². The Balaban J connectivity index is 1.70. The zero-order valence-electron chi connectivity index (χ0n) is 16.7. The summed E-state index contributed by atoms with van der Waals surface area (Å²) in [5.74, 6) is 1.28. The Morgan fingerprint density at radius 1 is 1.00 bits per heavy atom. The Labute approximate surface area is 166 Å². The third kappa shape index (κ3) is 4.97. The van der Waals surface area contributed by atoms with Crippen LogP contribution in [0.25, 0.3) is 0 Å². The highest BCUT2D eigenvalue weighted by molar-refractivity contribution is 6.05. The van der Waals surface area contributed by atoms with Crippen LogP contribution in [0.15, 0.2) is 60.7 Å². The average molecular weight is 374 g/mol. The van der Waals surface area contributed by atoms with Crippen LogP contribution in [0.5, 0.6) is 11.5 Å². The van der Waals surface area contributed by atoms with E-state index < -0.39 is 0 Å². The number of amides is 1. The van der Waals surface area contributed by atoms with E-state index in [2.05, 4.69) is 36.3 Å². The summed E-state index contributed by atoms with van der Waals surface area (Å²) in [4.78, 5) is 17.2. The van der Waals surface area contributed by atoms with Crippen molar-refractivity contribution in [3.8, 4) is 11.5 Å². The normalized spacial score (nSPS) is 10.5. The summed E-state index contributed by atoms with van der Waals surface area (Å²) in [7, 11) is 0. The van der Waals surface area contributed by atoms with Crippen LogP contribution in [0.1, 0.15) is 47.6 Å². The molecule has 0 saturated heterocycles. The van der Waals surface area contributed by atoms with Crippen molar-refractivity contribution in [2.45, 2.75) is 40.0 Å². The maximum atomic E-state index is 12.7. The van der Waals surface area contributed by atoms with Gasteiger partial charge >= 0.3 is 0 Å². The van der Waals surface area contributed by atoms with E-state index in [0.29, 0.717) is 17.0 Å². The van der Waals surface area contributed by atoms with E-state index in [4.69, 9.17) is 4.74 Å². The van der Waals surface area contributed by atoms with Crippen LogP contribution < -0.4 is 10.1 Å². The van der Waals surface area contributed by atoms with Gasteiger partial charge in [-0.15, -0.1) is 0 Å². The van der Waals surface area contributed by atoms with Crippen LogP contribution >= 0.6 is 0 Å². The highest BCUT2D eigenvalue weighted by atomic mass is 16.5. The molecule has 0 unspecified atom stereocenters. The molecule has 0 atom stereocenters. The van der Waals surface area contributed by atoms with Crippen LogP contribution in [-0.4, -0.2) is 10.9 Å². The minimum atomic E-state index is -0.169. The molecule has 0 spiro atoms. The van der Waals surface area contributed by atoms with Crippen molar-refractivity contribution in [1.82, 2.24) is 4.98 Å². The number of hydrogen-bond acceptors (Lipinski definition) is 3. The summed E-state index contributed by atoms with van der Waals surface area (Å²) in [6.07, 6.45) is 2.95. The number of rotatable bonds is 7. The van der Waals surface area contributed by atoms with E-state index in [-0.39, 0.29) is 5.91 Å². The van der Waals surface area contributed by atoms with E-state index in [1.807, 2.05) is 55.5 Å². The number of hydrogen-bond donors (Lipinski definition) is 1. The van der Waals surface area contributed by atoms with Crippen molar-refractivity contribution < 1.29 is 9.53 Å². The van der Waals surface area contributed by atoms with Crippen LogP contribution in [-0.2, 0) is 12.8 Å². The van der Waals surface area contributed by atoms with Gasteiger partial charge in [0.1, 0.15) is 11.5 Å².